The van der Waals surface area contributed by atoms with Crippen molar-refractivity contribution in [2.24, 2.45) is 0 Å². The van der Waals surface area contributed by atoms with Crippen LogP contribution in [0.15, 0.2) is 18.3 Å². The molecule has 0 saturated carbocycles. The lowest BCUT2D eigenvalue weighted by Gasteiger charge is -2.05. The van der Waals surface area contributed by atoms with Crippen molar-refractivity contribution in [2.45, 2.75) is 6.92 Å². The summed E-state index contributed by atoms with van der Waals surface area (Å²) in [7, 11) is -2.94. The number of nitrogens with one attached hydrogen (secondary N) is 1. The summed E-state index contributed by atoms with van der Waals surface area (Å²) in [5, 5.41) is 11.5. The Morgan fingerprint density at radius 3 is 2.75 bits per heavy atom. The van der Waals surface area contributed by atoms with E-state index < -0.39 is 9.84 Å². The van der Waals surface area contributed by atoms with Crippen molar-refractivity contribution in [1.82, 2.24) is 4.98 Å². The zero-order valence-electron chi connectivity index (χ0n) is 8.97. The summed E-state index contributed by atoms with van der Waals surface area (Å²) in [6, 6.07) is 5.19. The summed E-state index contributed by atoms with van der Waals surface area (Å²) in [6.45, 7) is 1.97. The van der Waals surface area contributed by atoms with Gasteiger partial charge in [0.2, 0.25) is 0 Å². The van der Waals surface area contributed by atoms with Gasteiger partial charge in [-0.05, 0) is 12.1 Å². The second kappa shape index (κ2) is 5.47. The van der Waals surface area contributed by atoms with E-state index in [4.69, 9.17) is 5.26 Å². The molecule has 5 nitrogen and oxygen atoms in total. The average Bonchev–Trinajstić information content (AvgIpc) is 2.30. The average molecular weight is 239 g/mol. The molecule has 1 aromatic heterocycles. The Morgan fingerprint density at radius 1 is 1.50 bits per heavy atom. The lowest BCUT2D eigenvalue weighted by molar-refractivity contribution is 0.597. The molecule has 16 heavy (non-hydrogen) atoms. The topological polar surface area (TPSA) is 82.9 Å². The molecule has 0 aromatic carbocycles. The molecule has 0 aliphatic carbocycles. The number of nitriles is 1. The Kier molecular flexibility index (Phi) is 4.26. The number of rotatable bonds is 5. The van der Waals surface area contributed by atoms with Crippen LogP contribution < -0.4 is 5.32 Å². The van der Waals surface area contributed by atoms with Crippen LogP contribution in [-0.4, -0.2) is 31.5 Å². The first-order valence-electron chi connectivity index (χ1n) is 4.88. The number of anilines is 1. The Hall–Kier alpha value is -1.61. The van der Waals surface area contributed by atoms with Gasteiger partial charge in [-0.15, -0.1) is 0 Å². The zero-order chi connectivity index (χ0) is 12.0. The van der Waals surface area contributed by atoms with E-state index in [1.807, 2.05) is 6.07 Å². The monoisotopic (exact) mass is 239 g/mol. The first-order valence-corrected chi connectivity index (χ1v) is 6.70. The molecule has 1 heterocycles. The first kappa shape index (κ1) is 12.5. The fraction of sp³-hybridized carbons (Fsp3) is 0.400. The van der Waals surface area contributed by atoms with Crippen LogP contribution in [0.25, 0.3) is 0 Å². The van der Waals surface area contributed by atoms with Crippen molar-refractivity contribution in [3.8, 4) is 6.07 Å². The van der Waals surface area contributed by atoms with Gasteiger partial charge in [0.25, 0.3) is 0 Å². The third kappa shape index (κ3) is 3.87. The standard InChI is InChI=1S/C10H13N3O2S/c1-2-16(14,15)6-5-12-10-4-3-9(7-11)13-8-10/h3-4,8,12H,2,5-6H2,1H3. The van der Waals surface area contributed by atoms with E-state index >= 15 is 0 Å². The van der Waals surface area contributed by atoms with Crippen LogP contribution in [0.2, 0.25) is 0 Å². The van der Waals surface area contributed by atoms with Crippen LogP contribution in [0.4, 0.5) is 5.69 Å². The van der Waals surface area contributed by atoms with Gasteiger partial charge in [-0.2, -0.15) is 5.26 Å². The molecule has 0 radical (unpaired) electrons. The SMILES string of the molecule is CCS(=O)(=O)CCNc1ccc(C#N)nc1. The van der Waals surface area contributed by atoms with Gasteiger partial charge in [0, 0.05) is 12.3 Å². The molecule has 6 heteroatoms. The van der Waals surface area contributed by atoms with Gasteiger partial charge in [0.05, 0.1) is 17.6 Å². The van der Waals surface area contributed by atoms with Gasteiger partial charge in [0.1, 0.15) is 11.8 Å². The van der Waals surface area contributed by atoms with E-state index in [0.717, 1.165) is 0 Å². The van der Waals surface area contributed by atoms with Gasteiger partial charge in [-0.3, -0.25) is 0 Å². The van der Waals surface area contributed by atoms with Crippen LogP contribution in [0.5, 0.6) is 0 Å². The highest BCUT2D eigenvalue weighted by molar-refractivity contribution is 7.91. The van der Waals surface area contributed by atoms with Gasteiger partial charge >= 0.3 is 0 Å². The molecule has 1 aromatic rings. The number of pyridine rings is 1. The van der Waals surface area contributed by atoms with Crippen molar-refractivity contribution >= 4 is 15.5 Å². The van der Waals surface area contributed by atoms with Crippen molar-refractivity contribution in [3.05, 3.63) is 24.0 Å². The predicted molar refractivity (Wildman–Crippen MR) is 61.8 cm³/mol. The highest BCUT2D eigenvalue weighted by Crippen LogP contribution is 2.05. The Balaban J connectivity index is 2.47. The Morgan fingerprint density at radius 2 is 2.25 bits per heavy atom. The largest absolute Gasteiger partial charge is 0.383 e. The van der Waals surface area contributed by atoms with E-state index in [1.165, 1.54) is 6.20 Å². The molecule has 0 unspecified atom stereocenters. The molecule has 0 saturated heterocycles. The molecule has 0 amide bonds. The number of hydrogen-bond acceptors (Lipinski definition) is 5. The van der Waals surface area contributed by atoms with Crippen molar-refractivity contribution in [1.29, 1.82) is 5.26 Å². The van der Waals surface area contributed by atoms with E-state index in [-0.39, 0.29) is 11.5 Å². The summed E-state index contributed by atoms with van der Waals surface area (Å²) in [5.41, 5.74) is 1.05. The van der Waals surface area contributed by atoms with Crippen LogP contribution in [0.1, 0.15) is 12.6 Å². The van der Waals surface area contributed by atoms with Crippen molar-refractivity contribution in [2.75, 3.05) is 23.4 Å². The zero-order valence-corrected chi connectivity index (χ0v) is 9.79. The molecule has 1 N–H and O–H groups in total. The highest BCUT2D eigenvalue weighted by Gasteiger charge is 2.06. The van der Waals surface area contributed by atoms with E-state index in [9.17, 15) is 8.42 Å². The normalized spacial score (nSPS) is 10.8. The lowest BCUT2D eigenvalue weighted by Crippen LogP contribution is -2.17. The molecular formula is C10H13N3O2S. The summed E-state index contributed by atoms with van der Waals surface area (Å²) >= 11 is 0. The number of sulfone groups is 1. The van der Waals surface area contributed by atoms with Crippen LogP contribution in [-0.2, 0) is 9.84 Å². The molecule has 86 valence electrons. The van der Waals surface area contributed by atoms with Crippen LogP contribution >= 0.6 is 0 Å². The van der Waals surface area contributed by atoms with Gasteiger partial charge in [0.15, 0.2) is 9.84 Å². The van der Waals surface area contributed by atoms with Gasteiger partial charge < -0.3 is 5.32 Å². The van der Waals surface area contributed by atoms with E-state index in [2.05, 4.69) is 10.3 Å². The molecule has 0 aliphatic rings. The van der Waals surface area contributed by atoms with Crippen molar-refractivity contribution in [3.63, 3.8) is 0 Å². The minimum absolute atomic E-state index is 0.101. The molecule has 0 spiro atoms. The molecule has 0 bridgehead atoms. The van der Waals surface area contributed by atoms with Crippen LogP contribution in [0.3, 0.4) is 0 Å². The third-order valence-electron chi connectivity index (χ3n) is 2.06. The van der Waals surface area contributed by atoms with Crippen molar-refractivity contribution < 1.29 is 8.42 Å². The summed E-state index contributed by atoms with van der Waals surface area (Å²) < 4.78 is 22.4. The first-order chi connectivity index (χ1) is 7.57. The fourth-order valence-electron chi connectivity index (χ4n) is 1.06. The molecule has 0 fully saturated rings. The highest BCUT2D eigenvalue weighted by atomic mass is 32.2. The summed E-state index contributed by atoms with van der Waals surface area (Å²) in [4.78, 5) is 3.86. The number of nitrogens with zero attached hydrogens (tertiary/aromatic N) is 2. The molecule has 0 aliphatic heterocycles. The Labute approximate surface area is 95.0 Å². The summed E-state index contributed by atoms with van der Waals surface area (Å²) in [6.07, 6.45) is 1.51. The molecule has 0 atom stereocenters. The quantitative estimate of drug-likeness (QED) is 0.821. The maximum Gasteiger partial charge on any atom is 0.151 e. The van der Waals surface area contributed by atoms with Gasteiger partial charge in [-0.1, -0.05) is 6.92 Å². The number of aromatic nitrogens is 1. The van der Waals surface area contributed by atoms with Crippen LogP contribution in [0, 0.1) is 11.3 Å². The maximum atomic E-state index is 11.2. The molecular weight excluding hydrogens is 226 g/mol. The maximum absolute atomic E-state index is 11.2. The smallest absolute Gasteiger partial charge is 0.151 e. The van der Waals surface area contributed by atoms with E-state index in [1.54, 1.807) is 19.1 Å². The fourth-order valence-corrected chi connectivity index (χ4v) is 1.76. The third-order valence-corrected chi connectivity index (χ3v) is 3.77. The number of hydrogen-bond donors (Lipinski definition) is 1. The summed E-state index contributed by atoms with van der Waals surface area (Å²) in [5.74, 6) is 0.254. The lowest BCUT2D eigenvalue weighted by atomic mass is 10.3. The second-order valence-electron chi connectivity index (χ2n) is 3.21. The molecule has 1 rings (SSSR count). The Bertz CT molecular complexity index is 474. The minimum atomic E-state index is -2.94. The van der Waals surface area contributed by atoms with Gasteiger partial charge in [-0.25, -0.2) is 13.4 Å². The minimum Gasteiger partial charge on any atom is -0.383 e. The predicted octanol–water partition coefficient (Wildman–Crippen LogP) is 0.800. The van der Waals surface area contributed by atoms with E-state index in [0.29, 0.717) is 17.9 Å². The second-order valence-corrected chi connectivity index (χ2v) is 5.68.